The zero-order chi connectivity index (χ0) is 9.40. The third-order valence-corrected chi connectivity index (χ3v) is 1.58. The van der Waals surface area contributed by atoms with E-state index in [0.29, 0.717) is 20.3 Å². The van der Waals surface area contributed by atoms with Gasteiger partial charge >= 0.3 is 0 Å². The van der Waals surface area contributed by atoms with E-state index in [2.05, 4.69) is 5.32 Å². The van der Waals surface area contributed by atoms with Crippen LogP contribution >= 0.6 is 0 Å². The molecule has 0 aliphatic carbocycles. The molecule has 1 fully saturated rings. The predicted molar refractivity (Wildman–Crippen MR) is 42.5 cm³/mol. The first-order valence-corrected chi connectivity index (χ1v) is 3.77. The van der Waals surface area contributed by atoms with Crippen molar-refractivity contribution < 1.29 is 13.6 Å². The van der Waals surface area contributed by atoms with Crippen LogP contribution in [0.5, 0.6) is 0 Å². The van der Waals surface area contributed by atoms with E-state index in [0.717, 1.165) is 13.1 Å². The van der Waals surface area contributed by atoms with Gasteiger partial charge in [0.15, 0.2) is 6.67 Å². The number of piperazine rings is 1. The minimum absolute atomic E-state index is 0.387. The summed E-state index contributed by atoms with van der Waals surface area (Å²) in [5.41, 5.74) is 0. The van der Waals surface area contributed by atoms with Crippen LogP contribution in [0.15, 0.2) is 0 Å². The zero-order valence-electron chi connectivity index (χ0n) is 7.15. The van der Waals surface area contributed by atoms with Gasteiger partial charge in [-0.3, -0.25) is 9.18 Å². The van der Waals surface area contributed by atoms with E-state index in [-0.39, 0.29) is 5.91 Å². The molecule has 1 amide bonds. The van der Waals surface area contributed by atoms with E-state index in [9.17, 15) is 13.6 Å². The standard InChI is InChI=1S/C6H11FN2O.CH3F/c7-5-6(10)9-3-1-8-2-4-9;1-2/h8H,1-5H2;1H3. The zero-order valence-corrected chi connectivity index (χ0v) is 7.15. The molecule has 0 aromatic carbocycles. The van der Waals surface area contributed by atoms with Gasteiger partial charge in [-0.1, -0.05) is 0 Å². The van der Waals surface area contributed by atoms with Gasteiger partial charge in [0.25, 0.3) is 5.91 Å². The van der Waals surface area contributed by atoms with Crippen LogP contribution in [0.4, 0.5) is 8.78 Å². The Morgan fingerprint density at radius 1 is 1.42 bits per heavy atom. The molecule has 1 aliphatic rings. The number of nitrogens with zero attached hydrogens (tertiary/aromatic N) is 1. The first-order chi connectivity index (χ1) is 5.84. The average molecular weight is 180 g/mol. The maximum atomic E-state index is 11.8. The Morgan fingerprint density at radius 2 is 1.92 bits per heavy atom. The van der Waals surface area contributed by atoms with Crippen molar-refractivity contribution in [3.05, 3.63) is 0 Å². The summed E-state index contributed by atoms with van der Waals surface area (Å²) in [6.45, 7) is 1.99. The van der Waals surface area contributed by atoms with Crippen LogP contribution in [0.25, 0.3) is 0 Å². The lowest BCUT2D eigenvalue weighted by Gasteiger charge is -2.26. The second kappa shape index (κ2) is 6.97. The smallest absolute Gasteiger partial charge is 0.254 e. The van der Waals surface area contributed by atoms with Crippen molar-refractivity contribution >= 4 is 5.91 Å². The molecule has 0 aromatic heterocycles. The molecule has 0 spiro atoms. The molecule has 0 atom stereocenters. The lowest BCUT2D eigenvalue weighted by molar-refractivity contribution is -0.132. The van der Waals surface area contributed by atoms with Crippen molar-refractivity contribution in [2.24, 2.45) is 0 Å². The number of carbonyl (C=O) groups is 1. The van der Waals surface area contributed by atoms with Crippen LogP contribution in [0, 0.1) is 0 Å². The summed E-state index contributed by atoms with van der Waals surface area (Å²) in [7, 11) is 0.500. The summed E-state index contributed by atoms with van der Waals surface area (Å²) in [6, 6.07) is 0. The molecule has 72 valence electrons. The summed E-state index contributed by atoms with van der Waals surface area (Å²) in [4.78, 5) is 12.2. The van der Waals surface area contributed by atoms with E-state index in [1.165, 1.54) is 4.90 Å². The molecule has 0 aromatic rings. The highest BCUT2D eigenvalue weighted by Crippen LogP contribution is 1.92. The number of rotatable bonds is 1. The van der Waals surface area contributed by atoms with Crippen molar-refractivity contribution in [1.29, 1.82) is 0 Å². The molecule has 0 radical (unpaired) electrons. The number of hydrogen-bond acceptors (Lipinski definition) is 2. The van der Waals surface area contributed by atoms with Gasteiger partial charge in [0.2, 0.25) is 0 Å². The van der Waals surface area contributed by atoms with Gasteiger partial charge in [0.05, 0.1) is 7.18 Å². The molecule has 0 unspecified atom stereocenters. The summed E-state index contributed by atoms with van der Waals surface area (Å²) < 4.78 is 21.3. The number of nitrogens with one attached hydrogen (secondary N) is 1. The van der Waals surface area contributed by atoms with Crippen LogP contribution in [0.1, 0.15) is 0 Å². The van der Waals surface area contributed by atoms with Crippen molar-refractivity contribution in [3.63, 3.8) is 0 Å². The van der Waals surface area contributed by atoms with Gasteiger partial charge in [-0.05, 0) is 0 Å². The maximum absolute atomic E-state index is 11.8. The fourth-order valence-corrected chi connectivity index (χ4v) is 0.999. The van der Waals surface area contributed by atoms with Gasteiger partial charge in [-0.15, -0.1) is 0 Å². The molecular weight excluding hydrogens is 166 g/mol. The monoisotopic (exact) mass is 180 g/mol. The van der Waals surface area contributed by atoms with Crippen LogP contribution in [0.3, 0.4) is 0 Å². The molecule has 12 heavy (non-hydrogen) atoms. The first-order valence-electron chi connectivity index (χ1n) is 3.77. The minimum atomic E-state index is -0.861. The Labute approximate surface area is 70.7 Å². The molecule has 1 rings (SSSR count). The normalized spacial score (nSPS) is 16.4. The Hall–Kier alpha value is -0.710. The second-order valence-corrected chi connectivity index (χ2v) is 2.26. The molecule has 5 heteroatoms. The maximum Gasteiger partial charge on any atom is 0.254 e. The van der Waals surface area contributed by atoms with E-state index < -0.39 is 6.67 Å². The van der Waals surface area contributed by atoms with E-state index in [1.54, 1.807) is 0 Å². The predicted octanol–water partition coefficient (Wildman–Crippen LogP) is -0.0266. The largest absolute Gasteiger partial charge is 0.338 e. The van der Waals surface area contributed by atoms with Crippen LogP contribution in [-0.4, -0.2) is 50.8 Å². The SMILES string of the molecule is CF.O=C(CF)N1CCNCC1. The Balaban J connectivity index is 0.000000561. The van der Waals surface area contributed by atoms with Gasteiger partial charge in [0.1, 0.15) is 0 Å². The number of amides is 1. The van der Waals surface area contributed by atoms with Gasteiger partial charge in [0, 0.05) is 26.2 Å². The topological polar surface area (TPSA) is 32.3 Å². The molecule has 1 N–H and O–H groups in total. The third-order valence-electron chi connectivity index (χ3n) is 1.58. The summed E-state index contributed by atoms with van der Waals surface area (Å²) >= 11 is 0. The number of hydrogen-bond donors (Lipinski definition) is 1. The Bertz CT molecular complexity index is 127. The highest BCUT2D eigenvalue weighted by Gasteiger charge is 2.14. The van der Waals surface area contributed by atoms with Crippen molar-refractivity contribution in [2.45, 2.75) is 0 Å². The van der Waals surface area contributed by atoms with Crippen molar-refractivity contribution in [2.75, 3.05) is 40.0 Å². The van der Waals surface area contributed by atoms with Crippen LogP contribution in [0.2, 0.25) is 0 Å². The molecule has 0 saturated carbocycles. The van der Waals surface area contributed by atoms with Gasteiger partial charge in [-0.25, -0.2) is 4.39 Å². The summed E-state index contributed by atoms with van der Waals surface area (Å²) in [5, 5.41) is 3.08. The van der Waals surface area contributed by atoms with Crippen LogP contribution < -0.4 is 5.32 Å². The fourth-order valence-electron chi connectivity index (χ4n) is 0.999. The highest BCUT2D eigenvalue weighted by molar-refractivity contribution is 5.77. The molecule has 1 aliphatic heterocycles. The molecular formula is C7H14F2N2O. The Morgan fingerprint density at radius 3 is 2.33 bits per heavy atom. The molecule has 3 nitrogen and oxygen atoms in total. The second-order valence-electron chi connectivity index (χ2n) is 2.26. The van der Waals surface area contributed by atoms with E-state index >= 15 is 0 Å². The molecule has 1 saturated heterocycles. The molecule has 1 heterocycles. The minimum Gasteiger partial charge on any atom is -0.338 e. The van der Waals surface area contributed by atoms with Crippen molar-refractivity contribution in [1.82, 2.24) is 10.2 Å². The van der Waals surface area contributed by atoms with Gasteiger partial charge in [-0.2, -0.15) is 0 Å². The fraction of sp³-hybridized carbons (Fsp3) is 0.857. The Kier molecular flexibility index (Phi) is 6.55. The summed E-state index contributed by atoms with van der Waals surface area (Å²) in [5.74, 6) is -0.387. The molecule has 0 bridgehead atoms. The lowest BCUT2D eigenvalue weighted by Crippen LogP contribution is -2.46. The van der Waals surface area contributed by atoms with Crippen LogP contribution in [-0.2, 0) is 4.79 Å². The van der Waals surface area contributed by atoms with Crippen molar-refractivity contribution in [3.8, 4) is 0 Å². The summed E-state index contributed by atoms with van der Waals surface area (Å²) in [6.07, 6.45) is 0. The quantitative estimate of drug-likeness (QED) is 0.614. The number of halogens is 2. The van der Waals surface area contributed by atoms with E-state index in [1.807, 2.05) is 0 Å². The van der Waals surface area contributed by atoms with E-state index in [4.69, 9.17) is 0 Å². The lowest BCUT2D eigenvalue weighted by atomic mass is 10.3. The average Bonchev–Trinajstić information content (AvgIpc) is 2.21. The van der Waals surface area contributed by atoms with Gasteiger partial charge < -0.3 is 10.2 Å². The number of carbonyl (C=O) groups excluding carboxylic acids is 1. The third kappa shape index (κ3) is 3.61. The highest BCUT2D eigenvalue weighted by atomic mass is 19.1. The first kappa shape index (κ1) is 11.3. The number of alkyl halides is 2.